The first-order chi connectivity index (χ1) is 10.5. The Morgan fingerprint density at radius 1 is 1.41 bits per heavy atom. The molecule has 2 heterocycles. The van der Waals surface area contributed by atoms with Crippen LogP contribution in [0.2, 0.25) is 0 Å². The number of para-hydroxylation sites is 2. The fourth-order valence-corrected chi connectivity index (χ4v) is 2.66. The minimum atomic E-state index is -0.861. The van der Waals surface area contributed by atoms with Crippen LogP contribution >= 0.6 is 0 Å². The second kappa shape index (κ2) is 5.32. The van der Waals surface area contributed by atoms with E-state index in [2.05, 4.69) is 10.6 Å². The highest BCUT2D eigenvalue weighted by Gasteiger charge is 2.38. The lowest BCUT2D eigenvalue weighted by Crippen LogP contribution is -2.51. The van der Waals surface area contributed by atoms with E-state index in [0.717, 1.165) is 0 Å². The van der Waals surface area contributed by atoms with Crippen LogP contribution in [0.15, 0.2) is 33.5 Å². The average molecular weight is 303 g/mol. The molecule has 1 aliphatic rings. The number of fused-ring (bicyclic) bond motifs is 1. The number of aryl methyl sites for hydroxylation is 1. The van der Waals surface area contributed by atoms with E-state index < -0.39 is 11.3 Å². The van der Waals surface area contributed by atoms with E-state index in [4.69, 9.17) is 4.42 Å². The zero-order valence-electron chi connectivity index (χ0n) is 12.2. The van der Waals surface area contributed by atoms with Crippen LogP contribution in [-0.2, 0) is 16.1 Å². The smallest absolute Gasteiger partial charge is 0.408 e. The number of hydrogen-bond acceptors (Lipinski definition) is 4. The van der Waals surface area contributed by atoms with E-state index in [0.29, 0.717) is 24.1 Å². The van der Waals surface area contributed by atoms with Crippen LogP contribution in [0.1, 0.15) is 19.8 Å². The molecule has 0 bridgehead atoms. The van der Waals surface area contributed by atoms with Crippen molar-refractivity contribution in [1.82, 2.24) is 15.2 Å². The van der Waals surface area contributed by atoms with Gasteiger partial charge in [0.15, 0.2) is 5.58 Å². The highest BCUT2D eigenvalue weighted by Crippen LogP contribution is 2.16. The molecule has 7 heteroatoms. The van der Waals surface area contributed by atoms with Gasteiger partial charge in [-0.1, -0.05) is 12.1 Å². The summed E-state index contributed by atoms with van der Waals surface area (Å²) in [5, 5.41) is 5.43. The SMILES string of the molecule is CC1(NC(=O)CCn2c(=O)oc3ccccc32)CCNC1=O. The maximum absolute atomic E-state index is 12.1. The van der Waals surface area contributed by atoms with Crippen molar-refractivity contribution in [3.8, 4) is 0 Å². The molecule has 0 radical (unpaired) electrons. The van der Waals surface area contributed by atoms with Crippen LogP contribution in [0.3, 0.4) is 0 Å². The number of aromatic nitrogens is 1. The number of nitrogens with one attached hydrogen (secondary N) is 2. The number of carbonyl (C=O) groups excluding carboxylic acids is 2. The van der Waals surface area contributed by atoms with Gasteiger partial charge in [0.05, 0.1) is 5.52 Å². The molecule has 0 aliphatic carbocycles. The highest BCUT2D eigenvalue weighted by molar-refractivity contribution is 5.92. The molecule has 1 aliphatic heterocycles. The molecule has 0 spiro atoms. The number of carbonyl (C=O) groups is 2. The van der Waals surface area contributed by atoms with Crippen LogP contribution in [0.25, 0.3) is 11.1 Å². The van der Waals surface area contributed by atoms with Gasteiger partial charge in [0.25, 0.3) is 0 Å². The van der Waals surface area contributed by atoms with E-state index in [-0.39, 0.29) is 24.8 Å². The van der Waals surface area contributed by atoms with Gasteiger partial charge in [-0.2, -0.15) is 0 Å². The third-order valence-electron chi connectivity index (χ3n) is 3.96. The van der Waals surface area contributed by atoms with Crippen molar-refractivity contribution in [2.75, 3.05) is 6.54 Å². The molecule has 1 fully saturated rings. The Bertz CT molecular complexity index is 791. The molecular weight excluding hydrogens is 286 g/mol. The Balaban J connectivity index is 1.69. The Morgan fingerprint density at radius 2 is 2.18 bits per heavy atom. The maximum atomic E-state index is 12.1. The fraction of sp³-hybridized carbons (Fsp3) is 0.400. The summed E-state index contributed by atoms with van der Waals surface area (Å²) >= 11 is 0. The normalized spacial score (nSPS) is 21.0. The molecule has 1 atom stereocenters. The van der Waals surface area contributed by atoms with Crippen molar-refractivity contribution in [2.24, 2.45) is 0 Å². The molecule has 1 unspecified atom stereocenters. The molecule has 0 saturated carbocycles. The molecule has 7 nitrogen and oxygen atoms in total. The predicted molar refractivity (Wildman–Crippen MR) is 79.3 cm³/mol. The topological polar surface area (TPSA) is 93.3 Å². The Morgan fingerprint density at radius 3 is 2.91 bits per heavy atom. The molecule has 1 saturated heterocycles. The zero-order valence-corrected chi connectivity index (χ0v) is 12.2. The third-order valence-corrected chi connectivity index (χ3v) is 3.96. The summed E-state index contributed by atoms with van der Waals surface area (Å²) in [5.74, 6) is -0.928. The largest absolute Gasteiger partial charge is 0.419 e. The van der Waals surface area contributed by atoms with Gasteiger partial charge in [0.2, 0.25) is 11.8 Å². The molecule has 116 valence electrons. The highest BCUT2D eigenvalue weighted by atomic mass is 16.4. The molecular formula is C15H17N3O4. The van der Waals surface area contributed by atoms with Gasteiger partial charge in [-0.3, -0.25) is 14.2 Å². The molecule has 3 rings (SSSR count). The number of rotatable bonds is 4. The first-order valence-corrected chi connectivity index (χ1v) is 7.17. The number of nitrogens with zero attached hydrogens (tertiary/aromatic N) is 1. The lowest BCUT2D eigenvalue weighted by atomic mass is 10.0. The molecule has 2 amide bonds. The van der Waals surface area contributed by atoms with E-state index in [1.54, 1.807) is 31.2 Å². The van der Waals surface area contributed by atoms with Crippen LogP contribution in [0.5, 0.6) is 0 Å². The number of hydrogen-bond donors (Lipinski definition) is 2. The second-order valence-electron chi connectivity index (χ2n) is 5.62. The van der Waals surface area contributed by atoms with Gasteiger partial charge in [-0.05, 0) is 25.5 Å². The number of oxazole rings is 1. The maximum Gasteiger partial charge on any atom is 0.419 e. The average Bonchev–Trinajstić information content (AvgIpc) is 2.96. The molecule has 2 N–H and O–H groups in total. The van der Waals surface area contributed by atoms with Crippen molar-refractivity contribution in [2.45, 2.75) is 31.8 Å². The van der Waals surface area contributed by atoms with Gasteiger partial charge < -0.3 is 15.1 Å². The lowest BCUT2D eigenvalue weighted by Gasteiger charge is -2.22. The monoisotopic (exact) mass is 303 g/mol. The summed E-state index contributed by atoms with van der Waals surface area (Å²) in [6, 6.07) is 7.06. The van der Waals surface area contributed by atoms with Crippen LogP contribution in [-0.4, -0.2) is 28.5 Å². The number of benzene rings is 1. The van der Waals surface area contributed by atoms with Crippen LogP contribution in [0, 0.1) is 0 Å². The summed E-state index contributed by atoms with van der Waals surface area (Å²) in [5.41, 5.74) is 0.292. The summed E-state index contributed by atoms with van der Waals surface area (Å²) in [7, 11) is 0. The Hall–Kier alpha value is -2.57. The predicted octanol–water partition coefficient (Wildman–Crippen LogP) is 0.379. The Labute approximate surface area is 126 Å². The van der Waals surface area contributed by atoms with Gasteiger partial charge in [-0.15, -0.1) is 0 Å². The quantitative estimate of drug-likeness (QED) is 0.854. The second-order valence-corrected chi connectivity index (χ2v) is 5.62. The molecule has 1 aromatic carbocycles. The minimum absolute atomic E-state index is 0.103. The van der Waals surface area contributed by atoms with E-state index in [1.807, 2.05) is 0 Å². The summed E-state index contributed by atoms with van der Waals surface area (Å²) in [6.45, 7) is 2.47. The summed E-state index contributed by atoms with van der Waals surface area (Å²) < 4.78 is 6.54. The summed E-state index contributed by atoms with van der Waals surface area (Å²) in [4.78, 5) is 35.6. The van der Waals surface area contributed by atoms with Crippen molar-refractivity contribution in [3.63, 3.8) is 0 Å². The van der Waals surface area contributed by atoms with Gasteiger partial charge in [-0.25, -0.2) is 4.79 Å². The van der Waals surface area contributed by atoms with Gasteiger partial charge >= 0.3 is 5.76 Å². The first kappa shape index (κ1) is 14.4. The standard InChI is InChI=1S/C15H17N3O4/c1-15(7-8-16-13(15)20)17-12(19)6-9-18-10-4-2-3-5-11(10)22-14(18)21/h2-5H,6-9H2,1H3,(H,16,20)(H,17,19). The van der Waals surface area contributed by atoms with E-state index in [9.17, 15) is 14.4 Å². The van der Waals surface area contributed by atoms with Crippen LogP contribution in [0.4, 0.5) is 0 Å². The lowest BCUT2D eigenvalue weighted by molar-refractivity contribution is -0.130. The summed E-state index contributed by atoms with van der Waals surface area (Å²) in [6.07, 6.45) is 0.665. The van der Waals surface area contributed by atoms with Crippen molar-refractivity contribution in [1.29, 1.82) is 0 Å². The van der Waals surface area contributed by atoms with E-state index in [1.165, 1.54) is 4.57 Å². The first-order valence-electron chi connectivity index (χ1n) is 7.17. The minimum Gasteiger partial charge on any atom is -0.408 e. The van der Waals surface area contributed by atoms with Crippen LogP contribution < -0.4 is 16.4 Å². The Kier molecular flexibility index (Phi) is 3.48. The van der Waals surface area contributed by atoms with Crippen molar-refractivity contribution < 1.29 is 14.0 Å². The van der Waals surface area contributed by atoms with E-state index >= 15 is 0 Å². The fourth-order valence-electron chi connectivity index (χ4n) is 2.66. The molecule has 2 aromatic rings. The van der Waals surface area contributed by atoms with Gasteiger partial charge in [0, 0.05) is 19.5 Å². The van der Waals surface area contributed by atoms with Gasteiger partial charge in [0.1, 0.15) is 5.54 Å². The third kappa shape index (κ3) is 2.49. The number of amides is 2. The molecule has 1 aromatic heterocycles. The zero-order chi connectivity index (χ0) is 15.7. The molecule has 22 heavy (non-hydrogen) atoms. The van der Waals surface area contributed by atoms with Crippen molar-refractivity contribution >= 4 is 22.9 Å². The van der Waals surface area contributed by atoms with Crippen molar-refractivity contribution in [3.05, 3.63) is 34.8 Å².